The highest BCUT2D eigenvalue weighted by Crippen LogP contribution is 2.34. The van der Waals surface area contributed by atoms with Gasteiger partial charge in [-0.1, -0.05) is 0 Å². The number of carbonyl (C=O) groups excluding carboxylic acids is 1. The lowest BCUT2D eigenvalue weighted by atomic mass is 9.78. The molecule has 2 rings (SSSR count). The lowest BCUT2D eigenvalue weighted by molar-refractivity contribution is -0.141. The van der Waals surface area contributed by atoms with E-state index in [0.717, 1.165) is 19.3 Å². The SMILES string of the molecule is CC1(NC(=O)C2CCC(C(=O)O)C2)CCC1. The number of nitrogens with one attached hydrogen (secondary N) is 1. The summed E-state index contributed by atoms with van der Waals surface area (Å²) >= 11 is 0. The average Bonchev–Trinajstić information content (AvgIpc) is 2.64. The molecule has 0 radical (unpaired) electrons. The van der Waals surface area contributed by atoms with Crippen molar-refractivity contribution in [3.05, 3.63) is 0 Å². The normalized spacial score (nSPS) is 31.8. The summed E-state index contributed by atoms with van der Waals surface area (Å²) in [6, 6.07) is 0. The summed E-state index contributed by atoms with van der Waals surface area (Å²) in [6.07, 6.45) is 5.15. The Kier molecular flexibility index (Phi) is 2.91. The van der Waals surface area contributed by atoms with E-state index < -0.39 is 5.97 Å². The van der Waals surface area contributed by atoms with Crippen molar-refractivity contribution in [3.63, 3.8) is 0 Å². The van der Waals surface area contributed by atoms with Crippen LogP contribution in [0.5, 0.6) is 0 Å². The van der Waals surface area contributed by atoms with Crippen LogP contribution in [0.2, 0.25) is 0 Å². The van der Waals surface area contributed by atoms with Crippen LogP contribution < -0.4 is 5.32 Å². The maximum atomic E-state index is 11.9. The third-order valence-corrected chi connectivity index (χ3v) is 4.03. The molecule has 90 valence electrons. The summed E-state index contributed by atoms with van der Waals surface area (Å²) in [7, 11) is 0. The van der Waals surface area contributed by atoms with Gasteiger partial charge in [0.15, 0.2) is 0 Å². The van der Waals surface area contributed by atoms with Gasteiger partial charge in [-0.25, -0.2) is 0 Å². The highest BCUT2D eigenvalue weighted by atomic mass is 16.4. The van der Waals surface area contributed by atoms with Crippen molar-refractivity contribution in [2.24, 2.45) is 11.8 Å². The largest absolute Gasteiger partial charge is 0.481 e. The second-order valence-corrected chi connectivity index (χ2v) is 5.45. The first-order valence-corrected chi connectivity index (χ1v) is 6.05. The first-order valence-electron chi connectivity index (χ1n) is 6.05. The van der Waals surface area contributed by atoms with Crippen molar-refractivity contribution in [3.8, 4) is 0 Å². The molecule has 2 atom stereocenters. The fraction of sp³-hybridized carbons (Fsp3) is 0.833. The molecular formula is C12H19NO3. The van der Waals surface area contributed by atoms with Crippen LogP contribution in [0, 0.1) is 11.8 Å². The summed E-state index contributed by atoms with van der Waals surface area (Å²) in [5, 5.41) is 11.9. The molecule has 4 heteroatoms. The number of aliphatic carboxylic acids is 1. The monoisotopic (exact) mass is 225 g/mol. The summed E-state index contributed by atoms with van der Waals surface area (Å²) < 4.78 is 0. The maximum Gasteiger partial charge on any atom is 0.306 e. The highest BCUT2D eigenvalue weighted by molar-refractivity contribution is 5.81. The Balaban J connectivity index is 1.84. The van der Waals surface area contributed by atoms with Gasteiger partial charge in [0.25, 0.3) is 0 Å². The Morgan fingerprint density at radius 1 is 1.25 bits per heavy atom. The highest BCUT2D eigenvalue weighted by Gasteiger charge is 2.38. The quantitative estimate of drug-likeness (QED) is 0.765. The molecule has 0 aromatic heterocycles. The number of hydrogen-bond acceptors (Lipinski definition) is 2. The van der Waals surface area contributed by atoms with Gasteiger partial charge in [-0.05, 0) is 45.4 Å². The van der Waals surface area contributed by atoms with Gasteiger partial charge >= 0.3 is 5.97 Å². The first-order chi connectivity index (χ1) is 7.50. The fourth-order valence-electron chi connectivity index (χ4n) is 2.68. The Bertz CT molecular complexity index is 309. The van der Waals surface area contributed by atoms with Gasteiger partial charge < -0.3 is 10.4 Å². The van der Waals surface area contributed by atoms with Crippen LogP contribution in [0.4, 0.5) is 0 Å². The first kappa shape index (κ1) is 11.4. The number of carboxylic acid groups (broad SMARTS) is 1. The van der Waals surface area contributed by atoms with Gasteiger partial charge in [0.1, 0.15) is 0 Å². The van der Waals surface area contributed by atoms with Gasteiger partial charge in [0.2, 0.25) is 5.91 Å². The minimum absolute atomic E-state index is 0.0155. The van der Waals surface area contributed by atoms with E-state index >= 15 is 0 Å². The Morgan fingerprint density at radius 2 is 1.88 bits per heavy atom. The molecule has 0 bridgehead atoms. The van der Waals surface area contributed by atoms with Gasteiger partial charge in [-0.15, -0.1) is 0 Å². The van der Waals surface area contributed by atoms with E-state index in [1.807, 2.05) is 0 Å². The zero-order valence-electron chi connectivity index (χ0n) is 9.66. The van der Waals surface area contributed by atoms with Crippen LogP contribution in [0.25, 0.3) is 0 Å². The predicted octanol–water partition coefficient (Wildman–Crippen LogP) is 1.55. The third kappa shape index (κ3) is 2.20. The fourth-order valence-corrected chi connectivity index (χ4v) is 2.68. The van der Waals surface area contributed by atoms with Gasteiger partial charge in [-0.2, -0.15) is 0 Å². The molecule has 2 saturated carbocycles. The van der Waals surface area contributed by atoms with E-state index in [9.17, 15) is 9.59 Å². The molecule has 0 aromatic carbocycles. The smallest absolute Gasteiger partial charge is 0.306 e. The third-order valence-electron chi connectivity index (χ3n) is 4.03. The second-order valence-electron chi connectivity index (χ2n) is 5.45. The Morgan fingerprint density at radius 3 is 2.31 bits per heavy atom. The molecule has 0 aromatic rings. The number of carboxylic acids is 1. The molecule has 0 aliphatic heterocycles. The van der Waals surface area contributed by atoms with Gasteiger partial charge in [-0.3, -0.25) is 9.59 Å². The number of amides is 1. The van der Waals surface area contributed by atoms with Crippen molar-refractivity contribution in [2.45, 2.75) is 51.0 Å². The van der Waals surface area contributed by atoms with Crippen molar-refractivity contribution in [1.82, 2.24) is 5.32 Å². The van der Waals surface area contributed by atoms with E-state index in [-0.39, 0.29) is 23.3 Å². The molecule has 4 nitrogen and oxygen atoms in total. The predicted molar refractivity (Wildman–Crippen MR) is 58.9 cm³/mol. The zero-order chi connectivity index (χ0) is 11.8. The van der Waals surface area contributed by atoms with Crippen LogP contribution in [0.3, 0.4) is 0 Å². The molecule has 0 heterocycles. The van der Waals surface area contributed by atoms with E-state index in [2.05, 4.69) is 12.2 Å². The number of carbonyl (C=O) groups is 2. The van der Waals surface area contributed by atoms with Crippen molar-refractivity contribution in [1.29, 1.82) is 0 Å². The molecule has 2 fully saturated rings. The summed E-state index contributed by atoms with van der Waals surface area (Å²) in [5.74, 6) is -1.10. The van der Waals surface area contributed by atoms with Crippen molar-refractivity contribution in [2.75, 3.05) is 0 Å². The lowest BCUT2D eigenvalue weighted by Crippen LogP contribution is -2.52. The van der Waals surface area contributed by atoms with Crippen molar-refractivity contribution >= 4 is 11.9 Å². The van der Waals surface area contributed by atoms with Gasteiger partial charge in [0.05, 0.1) is 5.92 Å². The standard InChI is InChI=1S/C12H19NO3/c1-12(5-2-6-12)13-10(14)8-3-4-9(7-8)11(15)16/h8-9H,2-7H2,1H3,(H,13,14)(H,15,16). The molecule has 2 aliphatic rings. The molecule has 16 heavy (non-hydrogen) atoms. The van der Waals surface area contributed by atoms with E-state index in [0.29, 0.717) is 12.8 Å². The summed E-state index contributed by atoms with van der Waals surface area (Å²) in [5.41, 5.74) is -0.0155. The van der Waals surface area contributed by atoms with Crippen LogP contribution >= 0.6 is 0 Å². The molecule has 2 aliphatic carbocycles. The van der Waals surface area contributed by atoms with Crippen LogP contribution in [0.1, 0.15) is 45.4 Å². The van der Waals surface area contributed by atoms with Crippen LogP contribution in [-0.4, -0.2) is 22.5 Å². The second kappa shape index (κ2) is 4.07. The van der Waals surface area contributed by atoms with E-state index in [4.69, 9.17) is 5.11 Å². The van der Waals surface area contributed by atoms with Gasteiger partial charge in [0, 0.05) is 11.5 Å². The van der Waals surface area contributed by atoms with Crippen LogP contribution in [0.15, 0.2) is 0 Å². The summed E-state index contributed by atoms with van der Waals surface area (Å²) in [6.45, 7) is 2.07. The molecule has 1 amide bonds. The molecular weight excluding hydrogens is 206 g/mol. The maximum absolute atomic E-state index is 11.9. The molecule has 2 N–H and O–H groups in total. The minimum atomic E-state index is -0.759. The Labute approximate surface area is 95.4 Å². The van der Waals surface area contributed by atoms with Crippen LogP contribution in [-0.2, 0) is 9.59 Å². The van der Waals surface area contributed by atoms with E-state index in [1.54, 1.807) is 0 Å². The Hall–Kier alpha value is -1.06. The summed E-state index contributed by atoms with van der Waals surface area (Å²) in [4.78, 5) is 22.7. The number of rotatable bonds is 3. The zero-order valence-corrected chi connectivity index (χ0v) is 9.66. The van der Waals surface area contributed by atoms with Crippen molar-refractivity contribution < 1.29 is 14.7 Å². The molecule has 0 spiro atoms. The average molecular weight is 225 g/mol. The topological polar surface area (TPSA) is 66.4 Å². The minimum Gasteiger partial charge on any atom is -0.481 e. The molecule has 2 unspecified atom stereocenters. The van der Waals surface area contributed by atoms with E-state index in [1.165, 1.54) is 6.42 Å². The lowest BCUT2D eigenvalue weighted by Gasteiger charge is -2.39. The molecule has 0 saturated heterocycles. The number of hydrogen-bond donors (Lipinski definition) is 2.